The Morgan fingerprint density at radius 1 is 1.14 bits per heavy atom. The van der Waals surface area contributed by atoms with Gasteiger partial charge in [-0.2, -0.15) is 0 Å². The van der Waals surface area contributed by atoms with Gasteiger partial charge >= 0.3 is 5.97 Å². The van der Waals surface area contributed by atoms with Crippen LogP contribution in [-0.2, 0) is 16.1 Å². The van der Waals surface area contributed by atoms with Crippen molar-refractivity contribution in [3.05, 3.63) is 63.7 Å². The molecule has 9 heteroatoms. The van der Waals surface area contributed by atoms with E-state index in [4.69, 9.17) is 14.2 Å². The fourth-order valence-corrected chi connectivity index (χ4v) is 2.55. The molecule has 2 rings (SSSR count). The van der Waals surface area contributed by atoms with Crippen molar-refractivity contribution >= 4 is 17.6 Å². The summed E-state index contributed by atoms with van der Waals surface area (Å²) in [4.78, 5) is 36.7. The quantitative estimate of drug-likeness (QED) is 0.360. The molecule has 154 valence electrons. The fourth-order valence-electron chi connectivity index (χ4n) is 2.55. The van der Waals surface area contributed by atoms with Crippen LogP contribution in [0.3, 0.4) is 0 Å². The molecule has 0 unspecified atom stereocenters. The normalized spacial score (nSPS) is 10.2. The highest BCUT2D eigenvalue weighted by Crippen LogP contribution is 2.35. The number of ether oxygens (including phenoxy) is 3. The fraction of sp³-hybridized carbons (Fsp3) is 0.300. The summed E-state index contributed by atoms with van der Waals surface area (Å²) < 4.78 is 15.4. The van der Waals surface area contributed by atoms with Gasteiger partial charge in [0, 0.05) is 19.7 Å². The molecule has 0 aliphatic rings. The first-order chi connectivity index (χ1) is 13.9. The van der Waals surface area contributed by atoms with Crippen LogP contribution in [0.4, 0.5) is 5.69 Å². The Morgan fingerprint density at radius 2 is 1.83 bits per heavy atom. The van der Waals surface area contributed by atoms with Gasteiger partial charge in [-0.05, 0) is 12.5 Å². The Kier molecular flexibility index (Phi) is 7.53. The van der Waals surface area contributed by atoms with Gasteiger partial charge in [0.2, 0.25) is 0 Å². The van der Waals surface area contributed by atoms with E-state index in [2.05, 4.69) is 0 Å². The lowest BCUT2D eigenvalue weighted by molar-refractivity contribution is -0.385. The molecule has 0 atom stereocenters. The van der Waals surface area contributed by atoms with Crippen LogP contribution in [-0.4, -0.2) is 49.1 Å². The highest BCUT2D eigenvalue weighted by Gasteiger charge is 2.26. The van der Waals surface area contributed by atoms with E-state index in [0.29, 0.717) is 6.54 Å². The van der Waals surface area contributed by atoms with E-state index in [1.165, 1.54) is 18.1 Å². The van der Waals surface area contributed by atoms with Gasteiger partial charge in [0.25, 0.3) is 11.6 Å². The van der Waals surface area contributed by atoms with Crippen molar-refractivity contribution in [2.45, 2.75) is 13.5 Å². The second kappa shape index (κ2) is 10.1. The van der Waals surface area contributed by atoms with Crippen molar-refractivity contribution in [3.8, 4) is 11.5 Å². The van der Waals surface area contributed by atoms with Crippen LogP contribution in [0.15, 0.2) is 42.5 Å². The molecular weight excluding hydrogens is 380 g/mol. The minimum absolute atomic E-state index is 0.119. The van der Waals surface area contributed by atoms with E-state index in [0.717, 1.165) is 11.6 Å². The molecule has 2 aromatic carbocycles. The van der Waals surface area contributed by atoms with Crippen molar-refractivity contribution in [2.24, 2.45) is 0 Å². The molecule has 1 amide bonds. The van der Waals surface area contributed by atoms with E-state index >= 15 is 0 Å². The average Bonchev–Trinajstić information content (AvgIpc) is 2.72. The average molecular weight is 402 g/mol. The number of rotatable bonds is 9. The number of nitro benzene ring substituents is 1. The van der Waals surface area contributed by atoms with Gasteiger partial charge in [-0.1, -0.05) is 30.3 Å². The van der Waals surface area contributed by atoms with Gasteiger partial charge in [-0.3, -0.25) is 14.9 Å². The Labute approximate surface area is 167 Å². The molecule has 0 saturated carbocycles. The summed E-state index contributed by atoms with van der Waals surface area (Å²) in [6.07, 6.45) is 0. The van der Waals surface area contributed by atoms with Gasteiger partial charge in [-0.25, -0.2) is 4.79 Å². The summed E-state index contributed by atoms with van der Waals surface area (Å²) in [7, 11) is 2.91. The predicted octanol–water partition coefficient (Wildman–Crippen LogP) is 2.82. The third kappa shape index (κ3) is 5.68. The molecule has 0 N–H and O–H groups in total. The second-order valence-electron chi connectivity index (χ2n) is 6.02. The number of carbonyl (C=O) groups is 2. The minimum atomic E-state index is -0.998. The van der Waals surface area contributed by atoms with Crippen molar-refractivity contribution in [2.75, 3.05) is 27.4 Å². The summed E-state index contributed by atoms with van der Waals surface area (Å²) in [5.41, 5.74) is 0.0972. The summed E-state index contributed by atoms with van der Waals surface area (Å²) in [5.74, 6) is -1.15. The first kappa shape index (κ1) is 21.7. The number of amides is 1. The molecular formula is C20H22N2O7. The lowest BCUT2D eigenvalue weighted by atomic mass is 10.1. The number of methoxy groups -OCH3 is 1. The van der Waals surface area contributed by atoms with Gasteiger partial charge in [-0.15, -0.1) is 0 Å². The van der Waals surface area contributed by atoms with Crippen LogP contribution in [0, 0.1) is 10.1 Å². The van der Waals surface area contributed by atoms with Crippen LogP contribution in [0.2, 0.25) is 0 Å². The van der Waals surface area contributed by atoms with Crippen LogP contribution in [0.25, 0.3) is 0 Å². The van der Waals surface area contributed by atoms with E-state index in [1.54, 1.807) is 14.0 Å². The maximum Gasteiger partial charge on any atom is 0.345 e. The predicted molar refractivity (Wildman–Crippen MR) is 104 cm³/mol. The summed E-state index contributed by atoms with van der Waals surface area (Å²) in [5, 5.41) is 11.3. The molecule has 0 radical (unpaired) electrons. The van der Waals surface area contributed by atoms with Gasteiger partial charge < -0.3 is 19.1 Å². The molecule has 0 aliphatic heterocycles. The molecule has 2 aromatic rings. The highest BCUT2D eigenvalue weighted by molar-refractivity contribution is 5.96. The van der Waals surface area contributed by atoms with Crippen LogP contribution < -0.4 is 9.47 Å². The lowest BCUT2D eigenvalue weighted by Crippen LogP contribution is -2.30. The first-order valence-corrected chi connectivity index (χ1v) is 8.81. The van der Waals surface area contributed by atoms with Gasteiger partial charge in [0.1, 0.15) is 5.56 Å². The summed E-state index contributed by atoms with van der Waals surface area (Å²) in [6.45, 7) is 1.79. The maximum absolute atomic E-state index is 12.4. The smallest absolute Gasteiger partial charge is 0.345 e. The molecule has 0 fully saturated rings. The monoisotopic (exact) mass is 402 g/mol. The molecule has 9 nitrogen and oxygen atoms in total. The second-order valence-corrected chi connectivity index (χ2v) is 6.02. The standard InChI is InChI=1S/C20H22N2O7/c1-4-28-18-10-15(16(22(25)26)11-17(18)27-3)20(24)29-13-19(23)21(2)12-14-8-6-5-7-9-14/h5-11H,4,12-13H2,1-3H3. The number of esters is 1. The van der Waals surface area contributed by atoms with E-state index in [9.17, 15) is 19.7 Å². The number of nitro groups is 1. The van der Waals surface area contributed by atoms with Crippen molar-refractivity contribution in [1.29, 1.82) is 0 Å². The van der Waals surface area contributed by atoms with E-state index < -0.39 is 29.1 Å². The number of carbonyl (C=O) groups excluding carboxylic acids is 2. The molecule has 29 heavy (non-hydrogen) atoms. The van der Waals surface area contributed by atoms with Crippen molar-refractivity contribution in [3.63, 3.8) is 0 Å². The van der Waals surface area contributed by atoms with Gasteiger partial charge in [0.15, 0.2) is 18.1 Å². The molecule has 0 bridgehead atoms. The third-order valence-corrected chi connectivity index (χ3v) is 4.01. The van der Waals surface area contributed by atoms with Crippen molar-refractivity contribution in [1.82, 2.24) is 4.90 Å². The zero-order valence-corrected chi connectivity index (χ0v) is 16.4. The summed E-state index contributed by atoms with van der Waals surface area (Å²) >= 11 is 0. The molecule has 0 aliphatic carbocycles. The topological polar surface area (TPSA) is 108 Å². The van der Waals surface area contributed by atoms with Crippen molar-refractivity contribution < 1.29 is 28.7 Å². The Bertz CT molecular complexity index is 884. The maximum atomic E-state index is 12.4. The number of nitrogens with zero attached hydrogens (tertiary/aromatic N) is 2. The van der Waals surface area contributed by atoms with Gasteiger partial charge in [0.05, 0.1) is 24.7 Å². The Balaban J connectivity index is 2.11. The highest BCUT2D eigenvalue weighted by atomic mass is 16.6. The van der Waals surface area contributed by atoms with Crippen LogP contribution in [0.5, 0.6) is 11.5 Å². The summed E-state index contributed by atoms with van der Waals surface area (Å²) in [6, 6.07) is 11.6. The Morgan fingerprint density at radius 3 is 2.41 bits per heavy atom. The van der Waals surface area contributed by atoms with Crippen LogP contribution in [0.1, 0.15) is 22.8 Å². The number of benzene rings is 2. The SMILES string of the molecule is CCOc1cc(C(=O)OCC(=O)N(C)Cc2ccccc2)c([N+](=O)[O-])cc1OC. The first-order valence-electron chi connectivity index (χ1n) is 8.81. The largest absolute Gasteiger partial charge is 0.493 e. The molecule has 0 saturated heterocycles. The van der Waals surface area contributed by atoms with E-state index in [1.807, 2.05) is 30.3 Å². The number of likely N-dealkylation sites (N-methyl/N-ethyl adjacent to an activating group) is 1. The molecule has 0 aromatic heterocycles. The Hall–Kier alpha value is -3.62. The molecule has 0 spiro atoms. The zero-order chi connectivity index (χ0) is 21.4. The minimum Gasteiger partial charge on any atom is -0.493 e. The van der Waals surface area contributed by atoms with Crippen LogP contribution >= 0.6 is 0 Å². The van der Waals surface area contributed by atoms with E-state index in [-0.39, 0.29) is 23.7 Å². The lowest BCUT2D eigenvalue weighted by Gasteiger charge is -2.17. The molecule has 0 heterocycles. The third-order valence-electron chi connectivity index (χ3n) is 4.01. The number of hydrogen-bond acceptors (Lipinski definition) is 7. The zero-order valence-electron chi connectivity index (χ0n) is 16.4. The number of hydrogen-bond donors (Lipinski definition) is 0.